The molecular weight excluding hydrogens is 419 g/mol. The van der Waals surface area contributed by atoms with E-state index in [1.165, 1.54) is 23.9 Å². The maximum Gasteiger partial charge on any atom is 0.573 e. The van der Waals surface area contributed by atoms with Gasteiger partial charge in [0.05, 0.1) is 5.69 Å². The quantitative estimate of drug-likeness (QED) is 0.455. The number of nitrogens with zero attached hydrogens (tertiary/aromatic N) is 2. The number of halogens is 3. The number of aromatic amines is 1. The minimum Gasteiger partial charge on any atom is -0.489 e. The van der Waals surface area contributed by atoms with Crippen LogP contribution >= 0.6 is 11.8 Å². The first-order valence-electron chi connectivity index (χ1n) is 8.45. The van der Waals surface area contributed by atoms with E-state index in [9.17, 15) is 23.2 Å². The average Bonchev–Trinajstić information content (AvgIpc) is 2.71. The Bertz CT molecular complexity index is 1140. The van der Waals surface area contributed by atoms with E-state index in [1.807, 2.05) is 6.07 Å². The lowest BCUT2D eigenvalue weighted by atomic mass is 10.1. The van der Waals surface area contributed by atoms with Gasteiger partial charge in [-0.2, -0.15) is 5.26 Å². The van der Waals surface area contributed by atoms with Crippen molar-refractivity contribution in [3.8, 4) is 28.8 Å². The third-order valence-corrected chi connectivity index (χ3v) is 4.45. The van der Waals surface area contributed by atoms with Crippen molar-refractivity contribution in [3.05, 3.63) is 70.0 Å². The fourth-order valence-electron chi connectivity index (χ4n) is 2.57. The summed E-state index contributed by atoms with van der Waals surface area (Å²) in [7, 11) is 0. The highest BCUT2D eigenvalue weighted by Gasteiger charge is 2.30. The molecule has 6 nitrogen and oxygen atoms in total. The number of nitriles is 1. The molecule has 0 saturated heterocycles. The van der Waals surface area contributed by atoms with Crippen LogP contribution in [0.15, 0.2) is 58.5 Å². The molecule has 0 bridgehead atoms. The van der Waals surface area contributed by atoms with Gasteiger partial charge in [0.15, 0.2) is 5.16 Å². The van der Waals surface area contributed by atoms with Gasteiger partial charge in [-0.15, -0.1) is 13.2 Å². The third-order valence-electron chi connectivity index (χ3n) is 3.87. The number of hydrogen-bond donors (Lipinski definition) is 1. The Kier molecular flexibility index (Phi) is 6.32. The molecule has 0 saturated carbocycles. The van der Waals surface area contributed by atoms with Gasteiger partial charge in [-0.05, 0) is 42.2 Å². The van der Waals surface area contributed by atoms with Crippen LogP contribution in [0.3, 0.4) is 0 Å². The van der Waals surface area contributed by atoms with E-state index in [4.69, 9.17) is 4.74 Å². The fourth-order valence-corrected chi connectivity index (χ4v) is 2.95. The van der Waals surface area contributed by atoms with Crippen molar-refractivity contribution in [1.29, 1.82) is 5.26 Å². The molecule has 0 aliphatic carbocycles. The second-order valence-corrected chi connectivity index (χ2v) is 6.71. The van der Waals surface area contributed by atoms with E-state index in [0.29, 0.717) is 16.5 Å². The first kappa shape index (κ1) is 21.3. The SMILES string of the molecule is CSc1nc(-c2cccc(COc3ccc(OC(F)(F)F)cc3)c2)c(C#N)c(=O)[nH]1. The van der Waals surface area contributed by atoms with Gasteiger partial charge < -0.3 is 14.5 Å². The third kappa shape index (κ3) is 5.33. The standard InChI is InChI=1S/C20H14F3N3O3S/c1-30-19-25-17(16(10-24)18(27)26-19)13-4-2-3-12(9-13)11-28-14-5-7-15(8-6-14)29-20(21,22)23/h2-9H,11H2,1H3,(H,25,26,27). The lowest BCUT2D eigenvalue weighted by Gasteiger charge is -2.11. The zero-order valence-electron chi connectivity index (χ0n) is 15.5. The number of H-pyrrole nitrogens is 1. The molecule has 10 heteroatoms. The molecule has 0 amide bonds. The molecular formula is C20H14F3N3O3S. The van der Waals surface area contributed by atoms with Crippen LogP contribution in [-0.4, -0.2) is 22.6 Å². The molecule has 0 spiro atoms. The smallest absolute Gasteiger partial charge is 0.489 e. The summed E-state index contributed by atoms with van der Waals surface area (Å²) in [6, 6.07) is 13.9. The summed E-state index contributed by atoms with van der Waals surface area (Å²) in [5.74, 6) is 0.0115. The van der Waals surface area contributed by atoms with E-state index >= 15 is 0 Å². The Morgan fingerprint density at radius 2 is 1.87 bits per heavy atom. The Morgan fingerprint density at radius 1 is 1.17 bits per heavy atom. The maximum absolute atomic E-state index is 12.2. The number of benzene rings is 2. The molecule has 3 aromatic rings. The monoisotopic (exact) mass is 433 g/mol. The van der Waals surface area contributed by atoms with Gasteiger partial charge >= 0.3 is 6.36 Å². The molecule has 1 aromatic heterocycles. The predicted octanol–water partition coefficient (Wildman–Crippen LogP) is 4.51. The second-order valence-electron chi connectivity index (χ2n) is 5.92. The van der Waals surface area contributed by atoms with Gasteiger partial charge in [-0.1, -0.05) is 30.0 Å². The van der Waals surface area contributed by atoms with Crippen molar-refractivity contribution in [3.63, 3.8) is 0 Å². The molecule has 0 aliphatic heterocycles. The van der Waals surface area contributed by atoms with Crippen molar-refractivity contribution in [2.24, 2.45) is 0 Å². The van der Waals surface area contributed by atoms with Crippen molar-refractivity contribution in [2.75, 3.05) is 6.26 Å². The maximum atomic E-state index is 12.2. The summed E-state index contributed by atoms with van der Waals surface area (Å²) < 4.78 is 46.1. The second kappa shape index (κ2) is 8.92. The lowest BCUT2D eigenvalue weighted by molar-refractivity contribution is -0.274. The van der Waals surface area contributed by atoms with Gasteiger partial charge in [0.25, 0.3) is 5.56 Å². The van der Waals surface area contributed by atoms with Crippen molar-refractivity contribution in [1.82, 2.24) is 9.97 Å². The van der Waals surface area contributed by atoms with Gasteiger partial charge in [0, 0.05) is 5.56 Å². The summed E-state index contributed by atoms with van der Waals surface area (Å²) in [5, 5.41) is 9.70. The van der Waals surface area contributed by atoms with E-state index in [0.717, 1.165) is 17.7 Å². The predicted molar refractivity (Wildman–Crippen MR) is 104 cm³/mol. The van der Waals surface area contributed by atoms with Crippen LogP contribution in [0.5, 0.6) is 11.5 Å². The first-order chi connectivity index (χ1) is 14.3. The average molecular weight is 433 g/mol. The van der Waals surface area contributed by atoms with Crippen LogP contribution in [0.1, 0.15) is 11.1 Å². The molecule has 0 aliphatic rings. The van der Waals surface area contributed by atoms with E-state index in [1.54, 1.807) is 30.5 Å². The Balaban J connectivity index is 1.78. The van der Waals surface area contributed by atoms with Crippen LogP contribution < -0.4 is 15.0 Å². The first-order valence-corrected chi connectivity index (χ1v) is 9.68. The number of thioether (sulfide) groups is 1. The largest absolute Gasteiger partial charge is 0.573 e. The van der Waals surface area contributed by atoms with Gasteiger partial charge in [0.1, 0.15) is 29.7 Å². The molecule has 154 valence electrons. The number of hydrogen-bond acceptors (Lipinski definition) is 6. The van der Waals surface area contributed by atoms with Gasteiger partial charge in [-0.3, -0.25) is 4.79 Å². The number of rotatable bonds is 6. The Labute approximate surface area is 173 Å². The number of ether oxygens (including phenoxy) is 2. The fraction of sp³-hybridized carbons (Fsp3) is 0.150. The summed E-state index contributed by atoms with van der Waals surface area (Å²) >= 11 is 1.25. The van der Waals surface area contributed by atoms with Crippen molar-refractivity contribution in [2.45, 2.75) is 18.1 Å². The number of aromatic nitrogens is 2. The van der Waals surface area contributed by atoms with Gasteiger partial charge in [-0.25, -0.2) is 4.98 Å². The molecule has 1 heterocycles. The minimum atomic E-state index is -4.76. The highest BCUT2D eigenvalue weighted by Crippen LogP contribution is 2.26. The van der Waals surface area contributed by atoms with Crippen LogP contribution in [-0.2, 0) is 6.61 Å². The van der Waals surface area contributed by atoms with Crippen LogP contribution in [0.4, 0.5) is 13.2 Å². The summed E-state index contributed by atoms with van der Waals surface area (Å²) in [6.45, 7) is 0.119. The van der Waals surface area contributed by atoms with E-state index in [2.05, 4.69) is 14.7 Å². The van der Waals surface area contributed by atoms with E-state index < -0.39 is 11.9 Å². The molecule has 0 fully saturated rings. The number of nitrogens with one attached hydrogen (secondary N) is 1. The Morgan fingerprint density at radius 3 is 2.50 bits per heavy atom. The van der Waals surface area contributed by atoms with Crippen LogP contribution in [0.2, 0.25) is 0 Å². The van der Waals surface area contributed by atoms with E-state index in [-0.39, 0.29) is 23.6 Å². The molecule has 3 rings (SSSR count). The topological polar surface area (TPSA) is 88.0 Å². The van der Waals surface area contributed by atoms with Crippen LogP contribution in [0.25, 0.3) is 11.3 Å². The van der Waals surface area contributed by atoms with Crippen molar-refractivity contribution < 1.29 is 22.6 Å². The highest BCUT2D eigenvalue weighted by atomic mass is 32.2. The molecule has 0 atom stereocenters. The Hall–Kier alpha value is -3.45. The molecule has 0 radical (unpaired) electrons. The zero-order chi connectivity index (χ0) is 21.7. The zero-order valence-corrected chi connectivity index (χ0v) is 16.3. The summed E-state index contributed by atoms with van der Waals surface area (Å²) in [5.41, 5.74) is 0.949. The lowest BCUT2D eigenvalue weighted by Crippen LogP contribution is -2.16. The van der Waals surface area contributed by atoms with Crippen molar-refractivity contribution >= 4 is 11.8 Å². The molecule has 2 aromatic carbocycles. The highest BCUT2D eigenvalue weighted by molar-refractivity contribution is 7.98. The van der Waals surface area contributed by atoms with Gasteiger partial charge in [0.2, 0.25) is 0 Å². The normalized spacial score (nSPS) is 11.0. The molecule has 0 unspecified atom stereocenters. The summed E-state index contributed by atoms with van der Waals surface area (Å²) in [6.07, 6.45) is -3.00. The minimum absolute atomic E-state index is 0.0916. The van der Waals surface area contributed by atoms with Crippen LogP contribution in [0, 0.1) is 11.3 Å². The number of alkyl halides is 3. The molecule has 30 heavy (non-hydrogen) atoms. The summed E-state index contributed by atoms with van der Waals surface area (Å²) in [4.78, 5) is 19.0. The molecule has 1 N–H and O–H groups in total.